The van der Waals surface area contributed by atoms with Crippen molar-refractivity contribution in [2.75, 3.05) is 26.7 Å². The highest BCUT2D eigenvalue weighted by molar-refractivity contribution is 5.09. The van der Waals surface area contributed by atoms with Crippen LogP contribution in [0, 0.1) is 5.92 Å². The Morgan fingerprint density at radius 1 is 1.10 bits per heavy atom. The molecule has 0 bridgehead atoms. The molecule has 0 aromatic carbocycles. The van der Waals surface area contributed by atoms with E-state index in [1.165, 1.54) is 18.4 Å². The SMILES string of the molecule is CC(C)CCC(C)NCCN(C)CCc1ccncc1. The van der Waals surface area contributed by atoms with E-state index in [1.807, 2.05) is 12.4 Å². The summed E-state index contributed by atoms with van der Waals surface area (Å²) in [6.07, 6.45) is 7.42. The van der Waals surface area contributed by atoms with Crippen LogP contribution in [0.15, 0.2) is 24.5 Å². The van der Waals surface area contributed by atoms with Gasteiger partial charge in [0.25, 0.3) is 0 Å². The van der Waals surface area contributed by atoms with E-state index in [1.54, 1.807) is 0 Å². The fourth-order valence-electron chi connectivity index (χ4n) is 2.17. The Bertz CT molecular complexity index is 337. The highest BCUT2D eigenvalue weighted by Gasteiger charge is 2.04. The molecule has 0 amide bonds. The maximum Gasteiger partial charge on any atom is 0.0270 e. The number of hydrogen-bond donors (Lipinski definition) is 1. The first-order valence-corrected chi connectivity index (χ1v) is 7.88. The molecule has 1 rings (SSSR count). The summed E-state index contributed by atoms with van der Waals surface area (Å²) in [5.74, 6) is 0.808. The second kappa shape index (κ2) is 9.89. The van der Waals surface area contributed by atoms with Crippen molar-refractivity contribution in [1.82, 2.24) is 15.2 Å². The second-order valence-corrected chi connectivity index (χ2v) is 6.24. The average Bonchev–Trinajstić information content (AvgIpc) is 2.44. The molecule has 0 spiro atoms. The molecule has 0 radical (unpaired) electrons. The number of nitrogens with one attached hydrogen (secondary N) is 1. The van der Waals surface area contributed by atoms with Crippen LogP contribution >= 0.6 is 0 Å². The van der Waals surface area contributed by atoms with Gasteiger partial charge in [-0.05, 0) is 56.8 Å². The molecule has 1 aromatic heterocycles. The van der Waals surface area contributed by atoms with E-state index in [0.717, 1.165) is 32.0 Å². The third-order valence-corrected chi connectivity index (χ3v) is 3.69. The molecule has 1 atom stereocenters. The molecule has 0 fully saturated rings. The van der Waals surface area contributed by atoms with Crippen molar-refractivity contribution in [2.24, 2.45) is 5.92 Å². The molecular weight excluding hydrogens is 246 g/mol. The van der Waals surface area contributed by atoms with Gasteiger partial charge in [0.05, 0.1) is 0 Å². The summed E-state index contributed by atoms with van der Waals surface area (Å²) in [5, 5.41) is 3.62. The van der Waals surface area contributed by atoms with Crippen molar-refractivity contribution in [1.29, 1.82) is 0 Å². The maximum absolute atomic E-state index is 4.05. The molecular formula is C17H31N3. The molecule has 1 N–H and O–H groups in total. The van der Waals surface area contributed by atoms with E-state index >= 15 is 0 Å². The van der Waals surface area contributed by atoms with Gasteiger partial charge in [0.1, 0.15) is 0 Å². The number of rotatable bonds is 10. The molecule has 3 nitrogen and oxygen atoms in total. The Hall–Kier alpha value is -0.930. The molecule has 1 heterocycles. The van der Waals surface area contributed by atoms with E-state index in [9.17, 15) is 0 Å². The zero-order valence-electron chi connectivity index (χ0n) is 13.6. The topological polar surface area (TPSA) is 28.2 Å². The largest absolute Gasteiger partial charge is 0.313 e. The van der Waals surface area contributed by atoms with Crippen LogP contribution in [-0.4, -0.2) is 42.6 Å². The Morgan fingerprint density at radius 2 is 1.80 bits per heavy atom. The molecule has 114 valence electrons. The van der Waals surface area contributed by atoms with Crippen LogP contribution in [0.5, 0.6) is 0 Å². The first kappa shape index (κ1) is 17.1. The quantitative estimate of drug-likeness (QED) is 0.712. The summed E-state index contributed by atoms with van der Waals surface area (Å²) < 4.78 is 0. The van der Waals surface area contributed by atoms with Crippen molar-refractivity contribution < 1.29 is 0 Å². The number of aromatic nitrogens is 1. The van der Waals surface area contributed by atoms with Crippen molar-refractivity contribution in [2.45, 2.75) is 46.1 Å². The summed E-state index contributed by atoms with van der Waals surface area (Å²) in [4.78, 5) is 6.44. The predicted molar refractivity (Wildman–Crippen MR) is 87.0 cm³/mol. The summed E-state index contributed by atoms with van der Waals surface area (Å²) in [6.45, 7) is 10.2. The van der Waals surface area contributed by atoms with Crippen LogP contribution in [0.3, 0.4) is 0 Å². The first-order valence-electron chi connectivity index (χ1n) is 7.88. The highest BCUT2D eigenvalue weighted by Crippen LogP contribution is 2.06. The zero-order chi connectivity index (χ0) is 14.8. The lowest BCUT2D eigenvalue weighted by molar-refractivity contribution is 0.324. The van der Waals surface area contributed by atoms with Gasteiger partial charge in [0.15, 0.2) is 0 Å². The van der Waals surface area contributed by atoms with Gasteiger partial charge < -0.3 is 10.2 Å². The van der Waals surface area contributed by atoms with Gasteiger partial charge in [-0.15, -0.1) is 0 Å². The minimum Gasteiger partial charge on any atom is -0.313 e. The summed E-state index contributed by atoms with van der Waals surface area (Å²) >= 11 is 0. The predicted octanol–water partition coefficient (Wildman–Crippen LogP) is 2.97. The van der Waals surface area contributed by atoms with Crippen LogP contribution in [-0.2, 0) is 6.42 Å². The first-order chi connectivity index (χ1) is 9.58. The summed E-state index contributed by atoms with van der Waals surface area (Å²) in [5.41, 5.74) is 1.37. The maximum atomic E-state index is 4.05. The lowest BCUT2D eigenvalue weighted by atomic mass is 10.0. The fraction of sp³-hybridized carbons (Fsp3) is 0.706. The lowest BCUT2D eigenvalue weighted by Crippen LogP contribution is -2.35. The van der Waals surface area contributed by atoms with E-state index in [2.05, 4.69) is 55.2 Å². The Kier molecular flexibility index (Phi) is 8.47. The second-order valence-electron chi connectivity index (χ2n) is 6.24. The van der Waals surface area contributed by atoms with Gasteiger partial charge in [0, 0.05) is 38.1 Å². The van der Waals surface area contributed by atoms with Gasteiger partial charge in [-0.1, -0.05) is 13.8 Å². The normalized spacial score (nSPS) is 13.1. The smallest absolute Gasteiger partial charge is 0.0270 e. The van der Waals surface area contributed by atoms with Crippen molar-refractivity contribution in [3.05, 3.63) is 30.1 Å². The third kappa shape index (κ3) is 8.28. The molecule has 3 heteroatoms. The molecule has 1 unspecified atom stereocenters. The van der Waals surface area contributed by atoms with Gasteiger partial charge in [-0.25, -0.2) is 0 Å². The fourth-order valence-corrected chi connectivity index (χ4v) is 2.17. The Balaban J connectivity index is 2.06. The van der Waals surface area contributed by atoms with Crippen LogP contribution < -0.4 is 5.32 Å². The van der Waals surface area contributed by atoms with Gasteiger partial charge in [-0.3, -0.25) is 4.98 Å². The van der Waals surface area contributed by atoms with Crippen LogP contribution in [0.4, 0.5) is 0 Å². The summed E-state index contributed by atoms with van der Waals surface area (Å²) in [7, 11) is 2.20. The van der Waals surface area contributed by atoms with Gasteiger partial charge in [-0.2, -0.15) is 0 Å². The molecule has 0 aliphatic heterocycles. The van der Waals surface area contributed by atoms with Crippen LogP contribution in [0.1, 0.15) is 39.2 Å². The third-order valence-electron chi connectivity index (χ3n) is 3.69. The monoisotopic (exact) mass is 277 g/mol. The minimum atomic E-state index is 0.631. The Labute approximate surface area is 124 Å². The number of hydrogen-bond acceptors (Lipinski definition) is 3. The van der Waals surface area contributed by atoms with Crippen LogP contribution in [0.2, 0.25) is 0 Å². The molecule has 0 saturated carbocycles. The molecule has 0 aliphatic carbocycles. The van der Waals surface area contributed by atoms with Crippen LogP contribution in [0.25, 0.3) is 0 Å². The molecule has 0 saturated heterocycles. The van der Waals surface area contributed by atoms with E-state index < -0.39 is 0 Å². The average molecular weight is 277 g/mol. The molecule has 20 heavy (non-hydrogen) atoms. The summed E-state index contributed by atoms with van der Waals surface area (Å²) in [6, 6.07) is 4.83. The minimum absolute atomic E-state index is 0.631. The lowest BCUT2D eigenvalue weighted by Gasteiger charge is -2.20. The van der Waals surface area contributed by atoms with Gasteiger partial charge in [0.2, 0.25) is 0 Å². The number of likely N-dealkylation sites (N-methyl/N-ethyl adjacent to an activating group) is 1. The van der Waals surface area contributed by atoms with E-state index in [0.29, 0.717) is 6.04 Å². The molecule has 0 aliphatic rings. The van der Waals surface area contributed by atoms with Crippen molar-refractivity contribution in [3.8, 4) is 0 Å². The standard InChI is InChI=1S/C17H31N3/c1-15(2)5-6-16(3)19-12-14-20(4)13-9-17-7-10-18-11-8-17/h7-8,10-11,15-16,19H,5-6,9,12-14H2,1-4H3. The zero-order valence-corrected chi connectivity index (χ0v) is 13.6. The molecule has 1 aromatic rings. The number of nitrogens with zero attached hydrogens (tertiary/aromatic N) is 2. The number of pyridine rings is 1. The van der Waals surface area contributed by atoms with Gasteiger partial charge >= 0.3 is 0 Å². The van der Waals surface area contributed by atoms with E-state index in [-0.39, 0.29) is 0 Å². The Morgan fingerprint density at radius 3 is 2.45 bits per heavy atom. The van der Waals surface area contributed by atoms with Crippen molar-refractivity contribution in [3.63, 3.8) is 0 Å². The van der Waals surface area contributed by atoms with Crippen molar-refractivity contribution >= 4 is 0 Å². The highest BCUT2D eigenvalue weighted by atomic mass is 15.1. The van der Waals surface area contributed by atoms with E-state index in [4.69, 9.17) is 0 Å².